The van der Waals surface area contributed by atoms with Crippen LogP contribution in [0.25, 0.3) is 10.9 Å². The molecule has 0 N–H and O–H groups in total. The minimum atomic E-state index is -1.59. The van der Waals surface area contributed by atoms with Gasteiger partial charge in [0, 0.05) is 21.6 Å². The van der Waals surface area contributed by atoms with Crippen molar-refractivity contribution in [1.82, 2.24) is 4.98 Å². The summed E-state index contributed by atoms with van der Waals surface area (Å²) in [6.07, 6.45) is 1.59. The largest absolute Gasteiger partial charge is 0.463 e. The van der Waals surface area contributed by atoms with Gasteiger partial charge in [-0.15, -0.1) is 12.6 Å². The first kappa shape index (κ1) is 17.0. The Balaban J connectivity index is 2.47. The number of pyridine rings is 1. The molecule has 0 spiro atoms. The number of carbonyl (C=O) groups excluding carboxylic acids is 1. The van der Waals surface area contributed by atoms with Gasteiger partial charge in [0.05, 0.1) is 12.1 Å². The van der Waals surface area contributed by atoms with E-state index in [2.05, 4.69) is 33.5 Å². The Labute approximate surface area is 141 Å². The van der Waals surface area contributed by atoms with Gasteiger partial charge in [-0.3, -0.25) is 4.98 Å². The number of hydrogen-bond donors (Lipinski definition) is 1. The molecule has 1 aromatic heterocycles. The fraction of sp³-hybridized carbons (Fsp3) is 0.333. The molecule has 0 saturated carbocycles. The van der Waals surface area contributed by atoms with E-state index in [-0.39, 0.29) is 12.4 Å². The number of aromatic nitrogens is 1. The molecule has 2 aromatic rings. The van der Waals surface area contributed by atoms with E-state index in [4.69, 9.17) is 9.47 Å². The second-order valence-electron chi connectivity index (χ2n) is 4.84. The van der Waals surface area contributed by atoms with Crippen LogP contribution >= 0.6 is 28.6 Å². The number of esters is 1. The molecular formula is C15H15BrFNO3S. The molecule has 22 heavy (non-hydrogen) atoms. The summed E-state index contributed by atoms with van der Waals surface area (Å²) >= 11 is 7.45. The Bertz CT molecular complexity index is 736. The normalized spacial score (nSPS) is 13.7. The number of rotatable bonds is 4. The first-order chi connectivity index (χ1) is 10.3. The fourth-order valence-corrected chi connectivity index (χ4v) is 2.48. The number of hydrogen-bond acceptors (Lipinski definition) is 5. The quantitative estimate of drug-likeness (QED) is 0.488. The van der Waals surface area contributed by atoms with E-state index in [0.717, 1.165) is 4.47 Å². The van der Waals surface area contributed by atoms with Gasteiger partial charge in [-0.05, 0) is 48.8 Å². The number of carbonyl (C=O) groups is 1. The summed E-state index contributed by atoms with van der Waals surface area (Å²) in [5, 5.41) is 0.691. The van der Waals surface area contributed by atoms with Crippen LogP contribution in [0.3, 0.4) is 0 Å². The number of halogens is 2. The maximum Gasteiger partial charge on any atom is 0.360 e. The topological polar surface area (TPSA) is 48.4 Å². The number of nitrogens with zero attached hydrogens (tertiary/aromatic N) is 1. The number of aryl methyl sites for hydroxylation is 1. The standard InChI is InChI=1S/C15H15BrFNO3S/c1-4-20-14(19)15(3,22)21-11-6-9-5-10(16)7-18-13(9)8(2)12(11)17/h5-7,22H,4H2,1-3H3. The lowest BCUT2D eigenvalue weighted by molar-refractivity contribution is -0.152. The van der Waals surface area contributed by atoms with Gasteiger partial charge in [0.15, 0.2) is 11.6 Å². The lowest BCUT2D eigenvalue weighted by Gasteiger charge is -2.24. The molecule has 1 aromatic carbocycles. The zero-order valence-electron chi connectivity index (χ0n) is 12.3. The van der Waals surface area contributed by atoms with Crippen LogP contribution in [-0.2, 0) is 9.53 Å². The van der Waals surface area contributed by atoms with Crippen molar-refractivity contribution in [2.24, 2.45) is 0 Å². The van der Waals surface area contributed by atoms with Crippen LogP contribution in [0.15, 0.2) is 22.8 Å². The van der Waals surface area contributed by atoms with Gasteiger partial charge < -0.3 is 9.47 Å². The van der Waals surface area contributed by atoms with E-state index in [1.807, 2.05) is 0 Å². The number of benzene rings is 1. The first-order valence-corrected chi connectivity index (χ1v) is 7.83. The summed E-state index contributed by atoms with van der Waals surface area (Å²) < 4.78 is 25.5. The second kappa shape index (κ2) is 6.42. The molecule has 0 bridgehead atoms. The molecule has 0 radical (unpaired) electrons. The van der Waals surface area contributed by atoms with E-state index >= 15 is 0 Å². The Morgan fingerprint density at radius 1 is 1.50 bits per heavy atom. The molecule has 0 amide bonds. The van der Waals surface area contributed by atoms with Crippen LogP contribution in [-0.4, -0.2) is 22.5 Å². The van der Waals surface area contributed by atoms with Gasteiger partial charge in [-0.2, -0.15) is 0 Å². The van der Waals surface area contributed by atoms with Crippen LogP contribution in [0.4, 0.5) is 4.39 Å². The van der Waals surface area contributed by atoms with Crippen molar-refractivity contribution < 1.29 is 18.7 Å². The molecule has 2 rings (SSSR count). The SMILES string of the molecule is CCOC(=O)C(C)(S)Oc1cc2cc(Br)cnc2c(C)c1F. The highest BCUT2D eigenvalue weighted by Crippen LogP contribution is 2.32. The van der Waals surface area contributed by atoms with Crippen molar-refractivity contribution >= 4 is 45.4 Å². The Hall–Kier alpha value is -1.34. The molecular weight excluding hydrogens is 373 g/mol. The highest BCUT2D eigenvalue weighted by atomic mass is 79.9. The van der Waals surface area contributed by atoms with E-state index in [0.29, 0.717) is 16.5 Å². The van der Waals surface area contributed by atoms with Crippen LogP contribution in [0.1, 0.15) is 19.4 Å². The summed E-state index contributed by atoms with van der Waals surface area (Å²) in [5.41, 5.74) is 0.873. The Morgan fingerprint density at radius 3 is 2.82 bits per heavy atom. The number of ether oxygens (including phenoxy) is 2. The summed E-state index contributed by atoms with van der Waals surface area (Å²) in [7, 11) is 0. The van der Waals surface area contributed by atoms with E-state index in [1.54, 1.807) is 26.1 Å². The molecule has 0 aliphatic carbocycles. The van der Waals surface area contributed by atoms with E-state index in [1.165, 1.54) is 13.0 Å². The third-order valence-electron chi connectivity index (χ3n) is 3.03. The third kappa shape index (κ3) is 3.35. The average molecular weight is 388 g/mol. The molecule has 0 aliphatic heterocycles. The monoisotopic (exact) mass is 387 g/mol. The molecule has 7 heteroatoms. The molecule has 4 nitrogen and oxygen atoms in total. The highest BCUT2D eigenvalue weighted by Gasteiger charge is 2.34. The van der Waals surface area contributed by atoms with Crippen molar-refractivity contribution in [3.63, 3.8) is 0 Å². The van der Waals surface area contributed by atoms with Gasteiger partial charge in [-0.1, -0.05) is 0 Å². The van der Waals surface area contributed by atoms with Crippen molar-refractivity contribution in [3.05, 3.63) is 34.2 Å². The van der Waals surface area contributed by atoms with Crippen LogP contribution < -0.4 is 4.74 Å². The molecule has 0 fully saturated rings. The fourth-order valence-electron chi connectivity index (χ4n) is 1.97. The number of fused-ring (bicyclic) bond motifs is 1. The molecule has 118 valence electrons. The Morgan fingerprint density at radius 2 is 2.18 bits per heavy atom. The summed E-state index contributed by atoms with van der Waals surface area (Å²) in [6, 6.07) is 3.28. The predicted octanol–water partition coefficient (Wildman–Crippen LogP) is 4.03. The summed E-state index contributed by atoms with van der Waals surface area (Å²) in [4.78, 5) is 14.4. The maximum atomic E-state index is 14.4. The van der Waals surface area contributed by atoms with Gasteiger partial charge in [-0.25, -0.2) is 9.18 Å². The number of thiol groups is 1. The third-order valence-corrected chi connectivity index (χ3v) is 3.74. The van der Waals surface area contributed by atoms with Crippen LogP contribution in [0.2, 0.25) is 0 Å². The van der Waals surface area contributed by atoms with Gasteiger partial charge in [0.2, 0.25) is 4.93 Å². The van der Waals surface area contributed by atoms with Crippen molar-refractivity contribution in [2.75, 3.05) is 6.61 Å². The molecule has 0 saturated heterocycles. The zero-order valence-corrected chi connectivity index (χ0v) is 14.8. The smallest absolute Gasteiger partial charge is 0.360 e. The highest BCUT2D eigenvalue weighted by molar-refractivity contribution is 9.10. The molecule has 1 heterocycles. The zero-order chi connectivity index (χ0) is 16.5. The lowest BCUT2D eigenvalue weighted by Crippen LogP contribution is -2.37. The predicted molar refractivity (Wildman–Crippen MR) is 88.8 cm³/mol. The molecule has 1 atom stereocenters. The van der Waals surface area contributed by atoms with Gasteiger partial charge >= 0.3 is 5.97 Å². The van der Waals surface area contributed by atoms with Gasteiger partial charge in [0.25, 0.3) is 0 Å². The minimum absolute atomic E-state index is 0.0737. The second-order valence-corrected chi connectivity index (χ2v) is 6.61. The van der Waals surface area contributed by atoms with Crippen molar-refractivity contribution in [1.29, 1.82) is 0 Å². The maximum absolute atomic E-state index is 14.4. The summed E-state index contributed by atoms with van der Waals surface area (Å²) in [6.45, 7) is 4.87. The summed E-state index contributed by atoms with van der Waals surface area (Å²) in [5.74, 6) is -1.33. The Kier molecular flexibility index (Phi) is 4.97. The molecule has 1 unspecified atom stereocenters. The van der Waals surface area contributed by atoms with E-state index < -0.39 is 16.7 Å². The van der Waals surface area contributed by atoms with Crippen LogP contribution in [0.5, 0.6) is 5.75 Å². The first-order valence-electron chi connectivity index (χ1n) is 6.59. The van der Waals surface area contributed by atoms with Crippen molar-refractivity contribution in [3.8, 4) is 5.75 Å². The molecule has 0 aliphatic rings. The minimum Gasteiger partial charge on any atom is -0.463 e. The van der Waals surface area contributed by atoms with Crippen molar-refractivity contribution in [2.45, 2.75) is 25.7 Å². The average Bonchev–Trinajstić information content (AvgIpc) is 2.44. The van der Waals surface area contributed by atoms with Gasteiger partial charge in [0.1, 0.15) is 0 Å². The van der Waals surface area contributed by atoms with E-state index in [9.17, 15) is 9.18 Å². The van der Waals surface area contributed by atoms with Crippen LogP contribution in [0, 0.1) is 12.7 Å². The lowest BCUT2D eigenvalue weighted by atomic mass is 10.1.